The van der Waals surface area contributed by atoms with Crippen LogP contribution in [0.2, 0.25) is 5.02 Å². The fourth-order valence-corrected chi connectivity index (χ4v) is 1.47. The molecule has 1 aromatic heterocycles. The molecule has 3 nitrogen and oxygen atoms in total. The van der Waals surface area contributed by atoms with Crippen LogP contribution in [0.25, 0.3) is 11.0 Å². The van der Waals surface area contributed by atoms with E-state index in [2.05, 4.69) is 5.73 Å². The van der Waals surface area contributed by atoms with E-state index in [1.54, 1.807) is 0 Å². The number of nitrogens with two attached hydrogens (primary N) is 1. The first kappa shape index (κ1) is 10.9. The molecule has 0 saturated heterocycles. The molecule has 0 aliphatic carbocycles. The van der Waals surface area contributed by atoms with Crippen LogP contribution in [0, 0.1) is 0 Å². The van der Waals surface area contributed by atoms with Gasteiger partial charge in [-0.3, -0.25) is 4.79 Å². The second-order valence-electron chi connectivity index (χ2n) is 3.23. The van der Waals surface area contributed by atoms with Crippen LogP contribution in [0.3, 0.4) is 0 Å². The highest BCUT2D eigenvalue weighted by Gasteiger charge is 2.42. The first-order valence-corrected chi connectivity index (χ1v) is 4.66. The molecule has 2 aromatic rings. The molecule has 0 atom stereocenters. The summed E-state index contributed by atoms with van der Waals surface area (Å²) in [5.41, 5.74) is 4.80. The van der Waals surface area contributed by atoms with E-state index in [4.69, 9.17) is 16.0 Å². The van der Waals surface area contributed by atoms with Crippen LogP contribution in [0.5, 0.6) is 0 Å². The van der Waals surface area contributed by atoms with Gasteiger partial charge in [-0.1, -0.05) is 11.6 Å². The lowest BCUT2D eigenvalue weighted by Gasteiger charge is -2.07. The molecule has 2 N–H and O–H groups in total. The number of primary amides is 1. The molecule has 6 heteroatoms. The molecular formula is C10H6ClF2NO2. The van der Waals surface area contributed by atoms with Gasteiger partial charge in [0.15, 0.2) is 5.76 Å². The fourth-order valence-electron chi connectivity index (χ4n) is 1.29. The van der Waals surface area contributed by atoms with Crippen molar-refractivity contribution in [2.45, 2.75) is 5.92 Å². The summed E-state index contributed by atoms with van der Waals surface area (Å²) in [7, 11) is 0. The monoisotopic (exact) mass is 245 g/mol. The van der Waals surface area contributed by atoms with Gasteiger partial charge in [0, 0.05) is 10.4 Å². The number of benzene rings is 1. The average Bonchev–Trinajstić information content (AvgIpc) is 2.60. The maximum atomic E-state index is 13.2. The molecule has 0 unspecified atom stereocenters. The minimum Gasteiger partial charge on any atom is -0.454 e. The zero-order valence-corrected chi connectivity index (χ0v) is 8.59. The van der Waals surface area contributed by atoms with Crippen LogP contribution in [-0.4, -0.2) is 5.91 Å². The number of hydrogen-bond donors (Lipinski definition) is 1. The van der Waals surface area contributed by atoms with Gasteiger partial charge in [0.05, 0.1) is 0 Å². The first-order chi connectivity index (χ1) is 7.41. The van der Waals surface area contributed by atoms with Crippen LogP contribution >= 0.6 is 11.6 Å². The van der Waals surface area contributed by atoms with Gasteiger partial charge in [-0.15, -0.1) is 0 Å². The van der Waals surface area contributed by atoms with Crippen molar-refractivity contribution in [3.05, 3.63) is 35.0 Å². The molecule has 0 fully saturated rings. The number of rotatable bonds is 2. The molecule has 2 rings (SSSR count). The summed E-state index contributed by atoms with van der Waals surface area (Å²) in [5, 5.41) is 0.783. The summed E-state index contributed by atoms with van der Waals surface area (Å²) in [4.78, 5) is 10.6. The highest BCUT2D eigenvalue weighted by Crippen LogP contribution is 2.33. The Hall–Kier alpha value is -1.62. The molecule has 0 aliphatic heterocycles. The van der Waals surface area contributed by atoms with Crippen LogP contribution in [-0.2, 0) is 10.7 Å². The van der Waals surface area contributed by atoms with E-state index in [9.17, 15) is 13.6 Å². The molecule has 0 bridgehead atoms. The number of alkyl halides is 2. The lowest BCUT2D eigenvalue weighted by atomic mass is 10.2. The highest BCUT2D eigenvalue weighted by molar-refractivity contribution is 6.31. The van der Waals surface area contributed by atoms with Crippen molar-refractivity contribution >= 4 is 28.5 Å². The molecule has 84 valence electrons. The second kappa shape index (κ2) is 3.45. The Morgan fingerprint density at radius 3 is 2.69 bits per heavy atom. The average molecular weight is 246 g/mol. The lowest BCUT2D eigenvalue weighted by Crippen LogP contribution is -2.32. The Morgan fingerprint density at radius 1 is 1.38 bits per heavy atom. The van der Waals surface area contributed by atoms with E-state index >= 15 is 0 Å². The first-order valence-electron chi connectivity index (χ1n) is 4.28. The predicted octanol–water partition coefficient (Wildman–Crippen LogP) is 2.66. The van der Waals surface area contributed by atoms with E-state index in [0.717, 1.165) is 6.07 Å². The van der Waals surface area contributed by atoms with Crippen molar-refractivity contribution in [3.63, 3.8) is 0 Å². The topological polar surface area (TPSA) is 56.2 Å². The maximum Gasteiger partial charge on any atom is 0.380 e. The van der Waals surface area contributed by atoms with Gasteiger partial charge in [0.2, 0.25) is 0 Å². The molecule has 0 aliphatic rings. The number of amides is 1. The van der Waals surface area contributed by atoms with E-state index < -0.39 is 17.6 Å². The summed E-state index contributed by atoms with van der Waals surface area (Å²) in [5.74, 6) is -6.35. The van der Waals surface area contributed by atoms with Gasteiger partial charge < -0.3 is 10.2 Å². The zero-order chi connectivity index (χ0) is 11.9. The van der Waals surface area contributed by atoms with E-state index in [-0.39, 0.29) is 5.58 Å². The second-order valence-corrected chi connectivity index (χ2v) is 3.67. The number of hydrogen-bond acceptors (Lipinski definition) is 2. The Bertz CT molecular complexity index is 565. The zero-order valence-electron chi connectivity index (χ0n) is 7.84. The summed E-state index contributed by atoms with van der Waals surface area (Å²) >= 11 is 5.68. The standard InChI is InChI=1S/C10H6ClF2NO2/c11-6-1-2-7-5(3-6)4-8(16-7)10(12,13)9(14)15/h1-4H,(H2,14,15). The molecule has 1 heterocycles. The fraction of sp³-hybridized carbons (Fsp3) is 0.100. The number of fused-ring (bicyclic) bond motifs is 1. The Kier molecular flexibility index (Phi) is 2.35. The normalized spacial score (nSPS) is 11.9. The van der Waals surface area contributed by atoms with Crippen LogP contribution in [0.15, 0.2) is 28.7 Å². The number of carbonyl (C=O) groups excluding carboxylic acids is 1. The largest absolute Gasteiger partial charge is 0.454 e. The molecule has 0 radical (unpaired) electrons. The lowest BCUT2D eigenvalue weighted by molar-refractivity contribution is -0.145. The SMILES string of the molecule is NC(=O)C(F)(F)c1cc2cc(Cl)ccc2o1. The Morgan fingerprint density at radius 2 is 2.06 bits per heavy atom. The van der Waals surface area contributed by atoms with E-state index in [0.29, 0.717) is 10.4 Å². The third kappa shape index (κ3) is 1.63. The van der Waals surface area contributed by atoms with Gasteiger partial charge in [0.1, 0.15) is 5.58 Å². The summed E-state index contributed by atoms with van der Waals surface area (Å²) in [6.45, 7) is 0. The van der Waals surface area contributed by atoms with E-state index in [1.807, 2.05) is 0 Å². The molecule has 1 amide bonds. The Labute approximate surface area is 93.8 Å². The highest BCUT2D eigenvalue weighted by atomic mass is 35.5. The smallest absolute Gasteiger partial charge is 0.380 e. The van der Waals surface area contributed by atoms with Crippen molar-refractivity contribution in [1.29, 1.82) is 0 Å². The van der Waals surface area contributed by atoms with Crippen molar-refractivity contribution in [1.82, 2.24) is 0 Å². The van der Waals surface area contributed by atoms with Crippen molar-refractivity contribution < 1.29 is 18.0 Å². The van der Waals surface area contributed by atoms with Crippen LogP contribution in [0.4, 0.5) is 8.78 Å². The van der Waals surface area contributed by atoms with Gasteiger partial charge in [0.25, 0.3) is 5.91 Å². The minimum absolute atomic E-state index is 0.223. The summed E-state index contributed by atoms with van der Waals surface area (Å²) in [6, 6.07) is 5.45. The molecule has 1 aromatic carbocycles. The van der Waals surface area contributed by atoms with Gasteiger partial charge >= 0.3 is 5.92 Å². The van der Waals surface area contributed by atoms with Crippen LogP contribution in [0.1, 0.15) is 5.76 Å². The molecule has 0 saturated carbocycles. The number of furan rings is 1. The quantitative estimate of drug-likeness (QED) is 0.884. The van der Waals surface area contributed by atoms with Crippen molar-refractivity contribution in [2.24, 2.45) is 5.73 Å². The minimum atomic E-state index is -3.81. The molecular weight excluding hydrogens is 240 g/mol. The third-order valence-corrected chi connectivity index (χ3v) is 2.33. The molecule has 0 spiro atoms. The summed E-state index contributed by atoms with van der Waals surface area (Å²) < 4.78 is 31.3. The van der Waals surface area contributed by atoms with Gasteiger partial charge in [-0.25, -0.2) is 0 Å². The number of halogens is 3. The molecule has 16 heavy (non-hydrogen) atoms. The Balaban J connectivity index is 2.59. The maximum absolute atomic E-state index is 13.2. The van der Waals surface area contributed by atoms with Crippen molar-refractivity contribution in [2.75, 3.05) is 0 Å². The van der Waals surface area contributed by atoms with Crippen molar-refractivity contribution in [3.8, 4) is 0 Å². The van der Waals surface area contributed by atoms with Crippen LogP contribution < -0.4 is 5.73 Å². The third-order valence-electron chi connectivity index (χ3n) is 2.10. The van der Waals surface area contributed by atoms with E-state index in [1.165, 1.54) is 18.2 Å². The summed E-state index contributed by atoms with van der Waals surface area (Å²) in [6.07, 6.45) is 0. The predicted molar refractivity (Wildman–Crippen MR) is 54.3 cm³/mol. The van der Waals surface area contributed by atoms with Gasteiger partial charge in [-0.05, 0) is 24.3 Å². The van der Waals surface area contributed by atoms with Gasteiger partial charge in [-0.2, -0.15) is 8.78 Å². The number of carbonyl (C=O) groups is 1.